The van der Waals surface area contributed by atoms with Crippen LogP contribution >= 0.6 is 11.3 Å². The van der Waals surface area contributed by atoms with Gasteiger partial charge in [0.05, 0.1) is 18.1 Å². The maximum absolute atomic E-state index is 12.7. The molecule has 130 valence electrons. The summed E-state index contributed by atoms with van der Waals surface area (Å²) in [6.45, 7) is 1.56. The number of hydrogen-bond donors (Lipinski definition) is 0. The lowest BCUT2D eigenvalue weighted by Gasteiger charge is -2.21. The van der Waals surface area contributed by atoms with Crippen molar-refractivity contribution in [2.45, 2.75) is 18.4 Å². The van der Waals surface area contributed by atoms with Gasteiger partial charge < -0.3 is 14.5 Å². The predicted molar refractivity (Wildman–Crippen MR) is 93.7 cm³/mol. The van der Waals surface area contributed by atoms with Gasteiger partial charge in [-0.25, -0.2) is 9.78 Å². The van der Waals surface area contributed by atoms with E-state index in [1.165, 1.54) is 16.9 Å². The molecule has 0 N–H and O–H groups in total. The molecule has 4 rings (SSSR count). The quantitative estimate of drug-likeness (QED) is 0.846. The van der Waals surface area contributed by atoms with Crippen LogP contribution in [-0.2, 0) is 11.2 Å². The van der Waals surface area contributed by atoms with Crippen LogP contribution in [0.1, 0.15) is 27.5 Å². The Morgan fingerprint density at radius 2 is 2.12 bits per heavy atom. The Bertz CT molecular complexity index is 807. The highest BCUT2D eigenvalue weighted by molar-refractivity contribution is 7.09. The van der Waals surface area contributed by atoms with Gasteiger partial charge in [0.2, 0.25) is 0 Å². The third kappa shape index (κ3) is 3.11. The third-order valence-electron chi connectivity index (χ3n) is 4.71. The molecule has 1 spiro atoms. The summed E-state index contributed by atoms with van der Waals surface area (Å²) < 4.78 is 5.50. The first-order valence-electron chi connectivity index (χ1n) is 8.26. The van der Waals surface area contributed by atoms with Crippen LogP contribution in [0.4, 0.5) is 4.79 Å². The molecule has 0 unspecified atom stereocenters. The van der Waals surface area contributed by atoms with E-state index in [1.807, 2.05) is 23.6 Å². The van der Waals surface area contributed by atoms with E-state index >= 15 is 0 Å². The maximum atomic E-state index is 12.7. The van der Waals surface area contributed by atoms with Crippen LogP contribution in [0.3, 0.4) is 0 Å². The smallest absolute Gasteiger partial charge is 0.410 e. The molecule has 2 aliphatic rings. The number of thiazole rings is 1. The number of likely N-dealkylation sites (tertiary alicyclic amines) is 1. The van der Waals surface area contributed by atoms with Gasteiger partial charge in [-0.2, -0.15) is 0 Å². The van der Waals surface area contributed by atoms with Gasteiger partial charge in [-0.1, -0.05) is 30.3 Å². The summed E-state index contributed by atoms with van der Waals surface area (Å²) >= 11 is 1.50. The lowest BCUT2D eigenvalue weighted by atomic mass is 10.0. The highest BCUT2D eigenvalue weighted by atomic mass is 32.1. The van der Waals surface area contributed by atoms with Crippen molar-refractivity contribution in [3.8, 4) is 0 Å². The zero-order valence-electron chi connectivity index (χ0n) is 14.0. The number of ether oxygens (including phenoxy) is 1. The molecule has 0 bridgehead atoms. The molecule has 25 heavy (non-hydrogen) atoms. The Morgan fingerprint density at radius 1 is 1.32 bits per heavy atom. The van der Waals surface area contributed by atoms with Crippen molar-refractivity contribution in [3.63, 3.8) is 0 Å². The summed E-state index contributed by atoms with van der Waals surface area (Å²) in [4.78, 5) is 32.2. The molecule has 2 aliphatic heterocycles. The minimum atomic E-state index is -0.551. The summed E-state index contributed by atoms with van der Waals surface area (Å²) in [5.74, 6) is -0.0851. The summed E-state index contributed by atoms with van der Waals surface area (Å²) in [7, 11) is 1.72. The number of likely N-dealkylation sites (N-methyl/N-ethyl adjacent to an activating group) is 1. The van der Waals surface area contributed by atoms with E-state index in [1.54, 1.807) is 16.8 Å². The van der Waals surface area contributed by atoms with Crippen LogP contribution in [0, 0.1) is 0 Å². The Morgan fingerprint density at radius 3 is 2.84 bits per heavy atom. The number of carbonyl (C=O) groups is 2. The van der Waals surface area contributed by atoms with Gasteiger partial charge in [0.15, 0.2) is 5.60 Å². The van der Waals surface area contributed by atoms with Gasteiger partial charge in [-0.15, -0.1) is 11.3 Å². The topological polar surface area (TPSA) is 62.7 Å². The standard InChI is InChI=1S/C18H19N3O3S/c1-20-11-18(24-17(20)23)7-8-21(12-18)16(22)14-10-25-15(19-14)9-13-5-3-2-4-6-13/h2-6,10H,7-9,11-12H2,1H3/t18-/m1/s1. The minimum Gasteiger partial charge on any atom is -0.439 e. The van der Waals surface area contributed by atoms with E-state index < -0.39 is 5.60 Å². The van der Waals surface area contributed by atoms with Crippen LogP contribution in [0.25, 0.3) is 0 Å². The van der Waals surface area contributed by atoms with Crippen LogP contribution in [0.2, 0.25) is 0 Å². The first-order valence-corrected chi connectivity index (χ1v) is 9.14. The average Bonchev–Trinajstić information content (AvgIpc) is 3.29. The summed E-state index contributed by atoms with van der Waals surface area (Å²) in [5.41, 5.74) is 1.10. The van der Waals surface area contributed by atoms with Gasteiger partial charge >= 0.3 is 6.09 Å². The number of rotatable bonds is 3. The Balaban J connectivity index is 1.43. The van der Waals surface area contributed by atoms with E-state index in [-0.39, 0.29) is 12.0 Å². The number of hydrogen-bond acceptors (Lipinski definition) is 5. The number of nitrogens with zero attached hydrogens (tertiary/aromatic N) is 3. The zero-order chi connectivity index (χ0) is 17.4. The molecule has 1 atom stereocenters. The molecular formula is C18H19N3O3S. The SMILES string of the molecule is CN1C[C@@]2(CCN(C(=O)c3csc(Cc4ccccc4)n3)C2)OC1=O. The lowest BCUT2D eigenvalue weighted by Crippen LogP contribution is -2.39. The minimum absolute atomic E-state index is 0.0851. The molecule has 0 radical (unpaired) electrons. The van der Waals surface area contributed by atoms with Crippen molar-refractivity contribution in [1.82, 2.24) is 14.8 Å². The van der Waals surface area contributed by atoms with Crippen LogP contribution in [0.5, 0.6) is 0 Å². The highest BCUT2D eigenvalue weighted by Crippen LogP contribution is 2.32. The van der Waals surface area contributed by atoms with Crippen LogP contribution < -0.4 is 0 Å². The molecule has 7 heteroatoms. The number of carbonyl (C=O) groups excluding carboxylic acids is 2. The zero-order valence-corrected chi connectivity index (χ0v) is 14.8. The molecule has 6 nitrogen and oxygen atoms in total. The maximum Gasteiger partial charge on any atom is 0.410 e. The summed E-state index contributed by atoms with van der Waals surface area (Å²) in [5, 5.41) is 2.74. The van der Waals surface area contributed by atoms with Crippen LogP contribution in [0.15, 0.2) is 35.7 Å². The van der Waals surface area contributed by atoms with Crippen molar-refractivity contribution in [2.75, 3.05) is 26.7 Å². The first kappa shape index (κ1) is 16.1. The van der Waals surface area contributed by atoms with Crippen molar-refractivity contribution >= 4 is 23.3 Å². The summed E-state index contributed by atoms with van der Waals surface area (Å²) in [6.07, 6.45) is 1.09. The van der Waals surface area contributed by atoms with E-state index in [0.717, 1.165) is 11.4 Å². The fourth-order valence-corrected chi connectivity index (χ4v) is 4.25. The second-order valence-electron chi connectivity index (χ2n) is 6.67. The fraction of sp³-hybridized carbons (Fsp3) is 0.389. The first-order chi connectivity index (χ1) is 12.0. The third-order valence-corrected chi connectivity index (χ3v) is 5.56. The monoisotopic (exact) mass is 357 g/mol. The molecule has 3 heterocycles. The van der Waals surface area contributed by atoms with E-state index in [2.05, 4.69) is 17.1 Å². The normalized spacial score (nSPS) is 22.7. The lowest BCUT2D eigenvalue weighted by molar-refractivity contribution is 0.0551. The average molecular weight is 357 g/mol. The molecule has 2 aromatic rings. The Kier molecular flexibility index (Phi) is 3.95. The van der Waals surface area contributed by atoms with E-state index in [9.17, 15) is 9.59 Å². The second-order valence-corrected chi connectivity index (χ2v) is 7.62. The number of amides is 2. The van der Waals surface area contributed by atoms with Crippen molar-refractivity contribution in [2.24, 2.45) is 0 Å². The van der Waals surface area contributed by atoms with Gasteiger partial charge in [0, 0.05) is 31.8 Å². The van der Waals surface area contributed by atoms with Gasteiger partial charge in [0.1, 0.15) is 5.69 Å². The fourth-order valence-electron chi connectivity index (χ4n) is 3.45. The molecule has 0 saturated carbocycles. The van der Waals surface area contributed by atoms with E-state index in [0.29, 0.717) is 31.7 Å². The Hall–Kier alpha value is -2.41. The van der Waals surface area contributed by atoms with E-state index in [4.69, 9.17) is 4.74 Å². The van der Waals surface area contributed by atoms with Gasteiger partial charge in [-0.05, 0) is 5.56 Å². The van der Waals surface area contributed by atoms with Crippen molar-refractivity contribution in [3.05, 3.63) is 52.0 Å². The molecule has 0 aliphatic carbocycles. The Labute approximate surface area is 150 Å². The molecular weight excluding hydrogens is 338 g/mol. The predicted octanol–water partition coefficient (Wildman–Crippen LogP) is 2.40. The molecule has 1 aromatic heterocycles. The molecule has 2 amide bonds. The molecule has 1 aromatic carbocycles. The largest absolute Gasteiger partial charge is 0.439 e. The number of benzene rings is 1. The molecule has 2 saturated heterocycles. The second kappa shape index (κ2) is 6.15. The highest BCUT2D eigenvalue weighted by Gasteiger charge is 2.49. The van der Waals surface area contributed by atoms with Crippen molar-refractivity contribution < 1.29 is 14.3 Å². The van der Waals surface area contributed by atoms with Crippen molar-refractivity contribution in [1.29, 1.82) is 0 Å². The molecule has 2 fully saturated rings. The summed E-state index contributed by atoms with van der Waals surface area (Å²) in [6, 6.07) is 10.1. The van der Waals surface area contributed by atoms with Crippen LogP contribution in [-0.4, -0.2) is 59.1 Å². The number of aromatic nitrogens is 1. The van der Waals surface area contributed by atoms with Gasteiger partial charge in [0.25, 0.3) is 5.91 Å². The van der Waals surface area contributed by atoms with Gasteiger partial charge in [-0.3, -0.25) is 4.79 Å².